The van der Waals surface area contributed by atoms with E-state index in [1.54, 1.807) is 7.11 Å². The number of amidine groups is 1. The molecule has 0 aromatic heterocycles. The first-order valence-electron chi connectivity index (χ1n) is 6.99. The van der Waals surface area contributed by atoms with E-state index in [1.165, 1.54) is 0 Å². The lowest BCUT2D eigenvalue weighted by molar-refractivity contribution is 0.0384. The van der Waals surface area contributed by atoms with Crippen LogP contribution in [0.15, 0.2) is 0 Å². The van der Waals surface area contributed by atoms with E-state index in [4.69, 9.17) is 25.4 Å². The highest BCUT2D eigenvalue weighted by molar-refractivity contribution is 5.82. The molecule has 114 valence electrons. The number of ether oxygens (including phenoxy) is 3. The van der Waals surface area contributed by atoms with Gasteiger partial charge >= 0.3 is 0 Å². The van der Waals surface area contributed by atoms with Crippen molar-refractivity contribution in [2.75, 3.05) is 40.1 Å². The molecule has 0 aliphatic heterocycles. The van der Waals surface area contributed by atoms with Crippen molar-refractivity contribution in [1.29, 1.82) is 5.41 Å². The number of nitrogens with two attached hydrogens (primary N) is 1. The highest BCUT2D eigenvalue weighted by Crippen LogP contribution is 2.22. The molecule has 0 amide bonds. The number of unbranched alkanes of at least 4 members (excludes halogenated alkanes) is 1. The number of nitrogens with one attached hydrogen (secondary N) is 1. The van der Waals surface area contributed by atoms with Gasteiger partial charge in [0.1, 0.15) is 0 Å². The maximum Gasteiger partial charge on any atom is 0.0963 e. The summed E-state index contributed by atoms with van der Waals surface area (Å²) in [5, 5.41) is 7.46. The van der Waals surface area contributed by atoms with Crippen LogP contribution in [0, 0.1) is 10.8 Å². The largest absolute Gasteiger partial charge is 0.387 e. The lowest BCUT2D eigenvalue weighted by atomic mass is 9.86. The zero-order valence-electron chi connectivity index (χ0n) is 12.7. The average molecular weight is 274 g/mol. The van der Waals surface area contributed by atoms with E-state index in [9.17, 15) is 0 Å². The fourth-order valence-electron chi connectivity index (χ4n) is 1.53. The molecule has 0 bridgehead atoms. The molecule has 0 aromatic rings. The summed E-state index contributed by atoms with van der Waals surface area (Å²) in [4.78, 5) is 0. The van der Waals surface area contributed by atoms with Crippen LogP contribution in [0.1, 0.15) is 39.5 Å². The van der Waals surface area contributed by atoms with Gasteiger partial charge < -0.3 is 19.9 Å². The summed E-state index contributed by atoms with van der Waals surface area (Å²) in [6, 6.07) is 0. The van der Waals surface area contributed by atoms with Crippen molar-refractivity contribution in [3.63, 3.8) is 0 Å². The Morgan fingerprint density at radius 3 is 2.05 bits per heavy atom. The average Bonchev–Trinajstić information content (AvgIpc) is 2.35. The van der Waals surface area contributed by atoms with Crippen molar-refractivity contribution < 1.29 is 14.2 Å². The van der Waals surface area contributed by atoms with Gasteiger partial charge in [0.25, 0.3) is 0 Å². The Morgan fingerprint density at radius 2 is 1.53 bits per heavy atom. The zero-order chi connectivity index (χ0) is 14.6. The SMILES string of the molecule is COCCCOCCOCCCCC(C)(C)C(=N)N. The molecule has 0 saturated heterocycles. The molecule has 0 atom stereocenters. The maximum atomic E-state index is 7.46. The summed E-state index contributed by atoms with van der Waals surface area (Å²) in [6.45, 7) is 7.51. The minimum absolute atomic E-state index is 0.190. The standard InChI is InChI=1S/C14H30N2O3/c1-14(2,13(15)16)7-4-5-9-18-11-12-19-10-6-8-17-3/h4-12H2,1-3H3,(H3,15,16). The lowest BCUT2D eigenvalue weighted by Gasteiger charge is -2.22. The molecule has 19 heavy (non-hydrogen) atoms. The van der Waals surface area contributed by atoms with Gasteiger partial charge in [0, 0.05) is 32.3 Å². The van der Waals surface area contributed by atoms with Crippen LogP contribution in [0.5, 0.6) is 0 Å². The first kappa shape index (κ1) is 18.4. The highest BCUT2D eigenvalue weighted by Gasteiger charge is 2.20. The topological polar surface area (TPSA) is 77.6 Å². The summed E-state index contributed by atoms with van der Waals surface area (Å²) in [5.74, 6) is 0.262. The van der Waals surface area contributed by atoms with Gasteiger partial charge in [-0.1, -0.05) is 20.3 Å². The summed E-state index contributed by atoms with van der Waals surface area (Å²) in [5.41, 5.74) is 5.34. The number of hydrogen-bond acceptors (Lipinski definition) is 4. The van der Waals surface area contributed by atoms with Gasteiger partial charge in [-0.15, -0.1) is 0 Å². The number of hydrogen-bond donors (Lipinski definition) is 2. The van der Waals surface area contributed by atoms with Crippen LogP contribution >= 0.6 is 0 Å². The quantitative estimate of drug-likeness (QED) is 0.306. The molecular formula is C14H30N2O3. The maximum absolute atomic E-state index is 7.46. The monoisotopic (exact) mass is 274 g/mol. The van der Waals surface area contributed by atoms with Gasteiger partial charge in [0.2, 0.25) is 0 Å². The van der Waals surface area contributed by atoms with E-state index in [1.807, 2.05) is 13.8 Å². The Labute approximate surface area is 117 Å². The third-order valence-electron chi connectivity index (χ3n) is 3.08. The van der Waals surface area contributed by atoms with Gasteiger partial charge in [-0.3, -0.25) is 5.41 Å². The Balaban J connectivity index is 3.21. The third-order valence-corrected chi connectivity index (χ3v) is 3.08. The Kier molecular flexibility index (Phi) is 10.8. The molecule has 5 nitrogen and oxygen atoms in total. The second-order valence-corrected chi connectivity index (χ2v) is 5.33. The first-order valence-corrected chi connectivity index (χ1v) is 6.99. The van der Waals surface area contributed by atoms with Gasteiger partial charge in [-0.25, -0.2) is 0 Å². The molecule has 0 fully saturated rings. The van der Waals surface area contributed by atoms with E-state index in [-0.39, 0.29) is 11.3 Å². The van der Waals surface area contributed by atoms with Gasteiger partial charge in [0.15, 0.2) is 0 Å². The third kappa shape index (κ3) is 10.9. The molecule has 0 spiro atoms. The van der Waals surface area contributed by atoms with E-state index >= 15 is 0 Å². The molecule has 3 N–H and O–H groups in total. The fourth-order valence-corrected chi connectivity index (χ4v) is 1.53. The van der Waals surface area contributed by atoms with Crippen LogP contribution in [0.3, 0.4) is 0 Å². The first-order chi connectivity index (χ1) is 9.00. The van der Waals surface area contributed by atoms with E-state index in [2.05, 4.69) is 0 Å². The molecule has 0 unspecified atom stereocenters. The minimum Gasteiger partial charge on any atom is -0.387 e. The Hall–Kier alpha value is -0.650. The molecule has 5 heteroatoms. The highest BCUT2D eigenvalue weighted by atomic mass is 16.5. The van der Waals surface area contributed by atoms with E-state index < -0.39 is 0 Å². The van der Waals surface area contributed by atoms with Crippen LogP contribution in [0.4, 0.5) is 0 Å². The Morgan fingerprint density at radius 1 is 0.947 bits per heavy atom. The van der Waals surface area contributed by atoms with Crippen molar-refractivity contribution >= 4 is 5.84 Å². The molecule has 0 aromatic carbocycles. The van der Waals surface area contributed by atoms with Crippen molar-refractivity contribution in [1.82, 2.24) is 0 Å². The molecule has 0 aliphatic carbocycles. The number of rotatable bonds is 13. The summed E-state index contributed by atoms with van der Waals surface area (Å²) >= 11 is 0. The van der Waals surface area contributed by atoms with Crippen LogP contribution in [0.25, 0.3) is 0 Å². The molecule has 0 aliphatic rings. The van der Waals surface area contributed by atoms with E-state index in [0.717, 1.165) is 45.5 Å². The summed E-state index contributed by atoms with van der Waals surface area (Å²) in [7, 11) is 1.69. The lowest BCUT2D eigenvalue weighted by Crippen LogP contribution is -2.30. The number of methoxy groups -OCH3 is 1. The predicted octanol–water partition coefficient (Wildman–Crippen LogP) is 2.19. The van der Waals surface area contributed by atoms with Gasteiger partial charge in [0.05, 0.1) is 19.0 Å². The summed E-state index contributed by atoms with van der Waals surface area (Å²) in [6.07, 6.45) is 3.89. The molecular weight excluding hydrogens is 244 g/mol. The molecule has 0 radical (unpaired) electrons. The van der Waals surface area contributed by atoms with Crippen molar-refractivity contribution in [3.8, 4) is 0 Å². The normalized spacial score (nSPS) is 11.7. The predicted molar refractivity (Wildman–Crippen MR) is 77.7 cm³/mol. The molecule has 0 rings (SSSR count). The van der Waals surface area contributed by atoms with Crippen LogP contribution in [-0.2, 0) is 14.2 Å². The second kappa shape index (κ2) is 11.2. The summed E-state index contributed by atoms with van der Waals surface area (Å²) < 4.78 is 15.8. The van der Waals surface area contributed by atoms with Gasteiger partial charge in [-0.05, 0) is 19.3 Å². The zero-order valence-corrected chi connectivity index (χ0v) is 12.7. The molecule has 0 saturated carbocycles. The smallest absolute Gasteiger partial charge is 0.0963 e. The van der Waals surface area contributed by atoms with Crippen LogP contribution in [-0.4, -0.2) is 46.0 Å². The van der Waals surface area contributed by atoms with Crippen molar-refractivity contribution in [2.45, 2.75) is 39.5 Å². The van der Waals surface area contributed by atoms with Crippen LogP contribution in [0.2, 0.25) is 0 Å². The minimum atomic E-state index is -0.190. The van der Waals surface area contributed by atoms with Crippen LogP contribution < -0.4 is 5.73 Å². The fraction of sp³-hybridized carbons (Fsp3) is 0.929. The van der Waals surface area contributed by atoms with Gasteiger partial charge in [-0.2, -0.15) is 0 Å². The molecule has 0 heterocycles. The van der Waals surface area contributed by atoms with Crippen molar-refractivity contribution in [2.24, 2.45) is 11.1 Å². The Bertz CT molecular complexity index is 233. The second-order valence-electron chi connectivity index (χ2n) is 5.33. The van der Waals surface area contributed by atoms with E-state index in [0.29, 0.717) is 13.2 Å². The van der Waals surface area contributed by atoms with Crippen molar-refractivity contribution in [3.05, 3.63) is 0 Å².